The Bertz CT molecular complexity index is 1470. The van der Waals surface area contributed by atoms with Crippen LogP contribution in [0.3, 0.4) is 0 Å². The van der Waals surface area contributed by atoms with Gasteiger partial charge in [0.25, 0.3) is 0 Å². The molecule has 154 valence electrons. The summed E-state index contributed by atoms with van der Waals surface area (Å²) >= 11 is 0. The van der Waals surface area contributed by atoms with E-state index in [4.69, 9.17) is 16.2 Å². The predicted octanol–water partition coefficient (Wildman–Crippen LogP) is 6.47. The molecule has 1 heterocycles. The van der Waals surface area contributed by atoms with Gasteiger partial charge in [-0.2, -0.15) is 0 Å². The second kappa shape index (κ2) is 7.37. The van der Waals surface area contributed by atoms with Crippen LogP contribution in [0, 0.1) is 0 Å². The third kappa shape index (κ3) is 3.58. The minimum absolute atomic E-state index is 0.190. The molecule has 0 unspecified atom stereocenters. The summed E-state index contributed by atoms with van der Waals surface area (Å²) in [7, 11) is -0.509. The zero-order valence-corrected chi connectivity index (χ0v) is 18.2. The van der Waals surface area contributed by atoms with Gasteiger partial charge in [-0.1, -0.05) is 78.7 Å². The quantitative estimate of drug-likeness (QED) is 0.360. The number of benzene rings is 4. The van der Waals surface area contributed by atoms with Crippen molar-refractivity contribution in [2.45, 2.75) is 38.9 Å². The van der Waals surface area contributed by atoms with E-state index < -0.39 is 24.4 Å². The molecule has 3 heteroatoms. The third-order valence-corrected chi connectivity index (χ3v) is 6.37. The van der Waals surface area contributed by atoms with Crippen molar-refractivity contribution in [1.82, 2.24) is 0 Å². The van der Waals surface area contributed by atoms with Gasteiger partial charge in [-0.3, -0.25) is 0 Å². The summed E-state index contributed by atoms with van der Waals surface area (Å²) < 4.78 is 53.6. The van der Waals surface area contributed by atoms with Crippen molar-refractivity contribution in [2.24, 2.45) is 0 Å². The summed E-state index contributed by atoms with van der Waals surface area (Å²) in [6, 6.07) is 18.1. The van der Waals surface area contributed by atoms with Crippen molar-refractivity contribution in [3.63, 3.8) is 0 Å². The van der Waals surface area contributed by atoms with Crippen molar-refractivity contribution in [1.29, 1.82) is 0 Å². The lowest BCUT2D eigenvalue weighted by Gasteiger charge is -2.32. The number of hydrogen-bond acceptors (Lipinski definition) is 2. The summed E-state index contributed by atoms with van der Waals surface area (Å²) in [6.45, 7) is 8.09. The van der Waals surface area contributed by atoms with E-state index in [-0.39, 0.29) is 29.7 Å². The van der Waals surface area contributed by atoms with Crippen LogP contribution < -0.4 is 5.46 Å². The van der Waals surface area contributed by atoms with Gasteiger partial charge in [0.15, 0.2) is 0 Å². The Balaban J connectivity index is 1.70. The van der Waals surface area contributed by atoms with Crippen molar-refractivity contribution in [2.75, 3.05) is 0 Å². The summed E-state index contributed by atoms with van der Waals surface area (Å²) in [4.78, 5) is 0. The van der Waals surface area contributed by atoms with Gasteiger partial charge in [0, 0.05) is 0 Å². The van der Waals surface area contributed by atoms with Crippen LogP contribution in [0.15, 0.2) is 90.9 Å². The first-order valence-electron chi connectivity index (χ1n) is 13.0. The highest BCUT2D eigenvalue weighted by Gasteiger charge is 2.51. The van der Waals surface area contributed by atoms with Gasteiger partial charge >= 0.3 is 7.12 Å². The van der Waals surface area contributed by atoms with Gasteiger partial charge in [-0.25, -0.2) is 0 Å². The maximum absolute atomic E-state index is 8.47. The maximum atomic E-state index is 8.47. The zero-order valence-electron chi connectivity index (χ0n) is 23.2. The molecule has 1 aliphatic rings. The van der Waals surface area contributed by atoms with Crippen LogP contribution in [0.4, 0.5) is 0 Å². The average molecular weight is 411 g/mol. The Hall–Kier alpha value is -2.88. The molecule has 1 saturated heterocycles. The Morgan fingerprint density at radius 2 is 1.42 bits per heavy atom. The molecule has 0 bridgehead atoms. The van der Waals surface area contributed by atoms with Crippen molar-refractivity contribution in [3.05, 3.63) is 90.9 Å². The van der Waals surface area contributed by atoms with E-state index in [1.165, 1.54) is 0 Å². The molecule has 1 fully saturated rings. The molecule has 0 aliphatic carbocycles. The Morgan fingerprint density at radius 1 is 0.710 bits per heavy atom. The van der Waals surface area contributed by atoms with Crippen LogP contribution in [0.1, 0.15) is 34.5 Å². The van der Waals surface area contributed by atoms with Crippen molar-refractivity contribution in [3.8, 4) is 22.3 Å². The lowest BCUT2D eigenvalue weighted by Crippen LogP contribution is -2.41. The zero-order chi connectivity index (χ0) is 26.0. The molecule has 0 radical (unpaired) electrons. The number of fused-ring (bicyclic) bond motifs is 1. The molecule has 0 saturated carbocycles. The monoisotopic (exact) mass is 411 g/mol. The predicted molar refractivity (Wildman–Crippen MR) is 131 cm³/mol. The smallest absolute Gasteiger partial charge is 0.399 e. The molecule has 0 aromatic heterocycles. The maximum Gasteiger partial charge on any atom is 0.494 e. The largest absolute Gasteiger partial charge is 0.494 e. The Kier molecular flexibility index (Phi) is 3.57. The van der Waals surface area contributed by atoms with Crippen LogP contribution in [-0.4, -0.2) is 18.3 Å². The van der Waals surface area contributed by atoms with Crippen molar-refractivity contribution >= 4 is 23.4 Å². The van der Waals surface area contributed by atoms with E-state index in [0.717, 1.165) is 27.4 Å². The molecule has 0 amide bonds. The average Bonchev–Trinajstić information content (AvgIpc) is 3.08. The Labute approximate surface area is 192 Å². The summed E-state index contributed by atoms with van der Waals surface area (Å²) in [6.07, 6.45) is 0. The molecular weight excluding hydrogens is 379 g/mol. The normalized spacial score (nSPS) is 19.5. The van der Waals surface area contributed by atoms with Crippen molar-refractivity contribution < 1.29 is 16.2 Å². The fourth-order valence-corrected chi connectivity index (χ4v) is 3.92. The second-order valence-corrected chi connectivity index (χ2v) is 8.96. The molecule has 0 N–H and O–H groups in total. The molecule has 1 aliphatic heterocycles. The molecule has 4 aromatic carbocycles. The number of hydrogen-bond donors (Lipinski definition) is 0. The van der Waals surface area contributed by atoms with E-state index in [1.54, 1.807) is 0 Å². The van der Waals surface area contributed by atoms with Gasteiger partial charge in [-0.05, 0) is 78.3 Å². The van der Waals surface area contributed by atoms with Crippen LogP contribution in [0.25, 0.3) is 33.0 Å². The highest BCUT2D eigenvalue weighted by molar-refractivity contribution is 6.62. The van der Waals surface area contributed by atoms with Gasteiger partial charge < -0.3 is 9.31 Å². The summed E-state index contributed by atoms with van der Waals surface area (Å²) in [5, 5.41) is 1.91. The van der Waals surface area contributed by atoms with Gasteiger partial charge in [0.1, 0.15) is 0 Å². The minimum Gasteiger partial charge on any atom is -0.399 e. The van der Waals surface area contributed by atoms with E-state index in [9.17, 15) is 0 Å². The van der Waals surface area contributed by atoms with E-state index >= 15 is 0 Å². The molecule has 0 spiro atoms. The topological polar surface area (TPSA) is 18.5 Å². The molecule has 0 atom stereocenters. The molecular formula is C28H27BO2. The van der Waals surface area contributed by atoms with E-state index in [2.05, 4.69) is 0 Å². The number of rotatable bonds is 3. The van der Waals surface area contributed by atoms with Gasteiger partial charge in [-0.15, -0.1) is 0 Å². The van der Waals surface area contributed by atoms with Crippen LogP contribution >= 0.6 is 0 Å². The highest BCUT2D eigenvalue weighted by atomic mass is 16.7. The van der Waals surface area contributed by atoms with Crippen LogP contribution in [0.5, 0.6) is 0 Å². The Morgan fingerprint density at radius 3 is 2.16 bits per heavy atom. The van der Waals surface area contributed by atoms with Crippen LogP contribution in [-0.2, 0) is 9.31 Å². The molecule has 4 aromatic rings. The fourth-order valence-electron chi connectivity index (χ4n) is 3.92. The summed E-state index contributed by atoms with van der Waals surface area (Å²) in [5.74, 6) is 0. The third-order valence-electron chi connectivity index (χ3n) is 6.37. The lowest BCUT2D eigenvalue weighted by molar-refractivity contribution is 0.00578. The van der Waals surface area contributed by atoms with E-state index in [0.29, 0.717) is 5.56 Å². The second-order valence-electron chi connectivity index (χ2n) is 8.96. The summed E-state index contributed by atoms with van der Waals surface area (Å²) in [5.41, 5.74) is 2.56. The highest BCUT2D eigenvalue weighted by Crippen LogP contribution is 2.37. The molecule has 2 nitrogen and oxygen atoms in total. The SMILES string of the molecule is [2H]c1c([2H])c([2H])c(-c2cc(-c3cccc(B4OC(C)(C)C(C)(C)O4)c3)c3ccccc3c2)c([2H])c1[2H]. The molecule has 5 rings (SSSR count). The lowest BCUT2D eigenvalue weighted by atomic mass is 9.77. The fraction of sp³-hybridized carbons (Fsp3) is 0.214. The van der Waals surface area contributed by atoms with Gasteiger partial charge in [0.05, 0.1) is 18.1 Å². The van der Waals surface area contributed by atoms with E-state index in [1.807, 2.05) is 88.4 Å². The first kappa shape index (κ1) is 15.0. The first-order valence-corrected chi connectivity index (χ1v) is 10.5. The van der Waals surface area contributed by atoms with Crippen LogP contribution in [0.2, 0.25) is 0 Å². The first-order chi connectivity index (χ1) is 16.9. The molecule has 31 heavy (non-hydrogen) atoms. The minimum atomic E-state index is -0.509. The standard InChI is InChI=1S/C28H27BO2/c1-27(2)28(3,4)31-29(30-27)24-15-10-14-22(18-24)26-19-23(20-11-6-5-7-12-20)17-21-13-8-9-16-25(21)26/h5-19H,1-4H3/i5D,6D,7D,11D,12D. The van der Waals surface area contributed by atoms with Gasteiger partial charge in [0.2, 0.25) is 0 Å².